The van der Waals surface area contributed by atoms with Gasteiger partial charge in [0.05, 0.1) is 19.3 Å². The smallest absolute Gasteiger partial charge is 0.130 e. The molecule has 0 fully saturated rings. The molecule has 0 heterocycles. The molecule has 148 valence electrons. The maximum atomic E-state index is 14.0. The molecule has 0 saturated carbocycles. The number of rotatable bonds is 11. The molecule has 0 aliphatic heterocycles. The van der Waals surface area contributed by atoms with Crippen molar-refractivity contribution in [2.24, 2.45) is 5.92 Å². The molecule has 1 atom stereocenters. The van der Waals surface area contributed by atoms with Crippen LogP contribution in [-0.4, -0.2) is 35.8 Å². The summed E-state index contributed by atoms with van der Waals surface area (Å²) in [6.07, 6.45) is 0.254. The Kier molecular flexibility index (Phi) is 8.85. The van der Waals surface area contributed by atoms with Crippen LogP contribution in [0, 0.1) is 17.6 Å². The second kappa shape index (κ2) is 11.1. The molecule has 0 saturated heterocycles. The van der Waals surface area contributed by atoms with Crippen molar-refractivity contribution in [1.82, 2.24) is 4.90 Å². The van der Waals surface area contributed by atoms with Crippen molar-refractivity contribution >= 4 is 0 Å². The summed E-state index contributed by atoms with van der Waals surface area (Å²) in [5.41, 5.74) is 1.48. The fourth-order valence-corrected chi connectivity index (χ4v) is 2.80. The first-order valence-electron chi connectivity index (χ1n) is 9.40. The molecule has 2 aromatic rings. The zero-order chi connectivity index (χ0) is 19.6. The number of hydrogen-bond donors (Lipinski definition) is 1. The number of halogens is 2. The lowest BCUT2D eigenvalue weighted by Gasteiger charge is -2.26. The van der Waals surface area contributed by atoms with Gasteiger partial charge < -0.3 is 9.84 Å². The predicted molar refractivity (Wildman–Crippen MR) is 103 cm³/mol. The SMILES string of the molecule is CC(C)CCN(Cc1ccc(F)cc1F)CC(O)COCc1ccccc1. The van der Waals surface area contributed by atoms with E-state index in [0.717, 1.165) is 24.6 Å². The maximum absolute atomic E-state index is 14.0. The van der Waals surface area contributed by atoms with E-state index in [-0.39, 0.29) is 6.61 Å². The number of aliphatic hydroxyl groups is 1. The minimum absolute atomic E-state index is 0.207. The van der Waals surface area contributed by atoms with Gasteiger partial charge in [-0.1, -0.05) is 50.2 Å². The Morgan fingerprint density at radius 3 is 2.48 bits per heavy atom. The van der Waals surface area contributed by atoms with E-state index in [0.29, 0.717) is 31.2 Å². The van der Waals surface area contributed by atoms with E-state index in [4.69, 9.17) is 4.74 Å². The van der Waals surface area contributed by atoms with E-state index in [2.05, 4.69) is 13.8 Å². The Labute approximate surface area is 160 Å². The normalized spacial score (nSPS) is 12.7. The van der Waals surface area contributed by atoms with E-state index >= 15 is 0 Å². The molecule has 0 aliphatic rings. The fourth-order valence-electron chi connectivity index (χ4n) is 2.80. The van der Waals surface area contributed by atoms with Gasteiger partial charge in [-0.15, -0.1) is 0 Å². The highest BCUT2D eigenvalue weighted by Crippen LogP contribution is 2.14. The zero-order valence-corrected chi connectivity index (χ0v) is 16.1. The van der Waals surface area contributed by atoms with Gasteiger partial charge in [-0.25, -0.2) is 8.78 Å². The second-order valence-corrected chi connectivity index (χ2v) is 7.31. The topological polar surface area (TPSA) is 32.7 Å². The molecule has 1 N–H and O–H groups in total. The molecule has 0 aromatic heterocycles. The number of aliphatic hydroxyl groups excluding tert-OH is 1. The van der Waals surface area contributed by atoms with Gasteiger partial charge in [0.15, 0.2) is 0 Å². The third kappa shape index (κ3) is 8.16. The average Bonchev–Trinajstić information content (AvgIpc) is 2.62. The molecule has 3 nitrogen and oxygen atoms in total. The van der Waals surface area contributed by atoms with Crippen molar-refractivity contribution in [3.63, 3.8) is 0 Å². The molecule has 27 heavy (non-hydrogen) atoms. The lowest BCUT2D eigenvalue weighted by atomic mass is 10.1. The van der Waals surface area contributed by atoms with Crippen LogP contribution in [0.1, 0.15) is 31.4 Å². The minimum atomic E-state index is -0.676. The third-order valence-corrected chi connectivity index (χ3v) is 4.32. The van der Waals surface area contributed by atoms with Crippen LogP contribution in [0.5, 0.6) is 0 Å². The van der Waals surface area contributed by atoms with E-state index in [1.807, 2.05) is 35.2 Å². The molecule has 0 bridgehead atoms. The highest BCUT2D eigenvalue weighted by atomic mass is 19.1. The van der Waals surface area contributed by atoms with Gasteiger partial charge in [0.2, 0.25) is 0 Å². The largest absolute Gasteiger partial charge is 0.389 e. The Bertz CT molecular complexity index is 679. The lowest BCUT2D eigenvalue weighted by Crippen LogP contribution is -2.36. The van der Waals surface area contributed by atoms with Gasteiger partial charge in [-0.3, -0.25) is 4.90 Å². The average molecular weight is 377 g/mol. The summed E-state index contributed by atoms with van der Waals surface area (Å²) in [6.45, 7) is 6.32. The molecule has 0 spiro atoms. The summed E-state index contributed by atoms with van der Waals surface area (Å²) in [5.74, 6) is -0.643. The van der Waals surface area contributed by atoms with Gasteiger partial charge in [0.1, 0.15) is 11.6 Å². The Hall–Kier alpha value is -1.82. The summed E-state index contributed by atoms with van der Waals surface area (Å²) < 4.78 is 32.7. The number of hydrogen-bond acceptors (Lipinski definition) is 3. The van der Waals surface area contributed by atoms with Crippen molar-refractivity contribution in [2.75, 3.05) is 19.7 Å². The third-order valence-electron chi connectivity index (χ3n) is 4.32. The summed E-state index contributed by atoms with van der Waals surface area (Å²) >= 11 is 0. The van der Waals surface area contributed by atoms with Crippen LogP contribution in [0.25, 0.3) is 0 Å². The van der Waals surface area contributed by atoms with Gasteiger partial charge in [0, 0.05) is 24.7 Å². The van der Waals surface area contributed by atoms with E-state index in [1.54, 1.807) is 0 Å². The summed E-state index contributed by atoms with van der Waals surface area (Å²) in [6, 6.07) is 13.4. The van der Waals surface area contributed by atoms with Crippen molar-refractivity contribution in [3.05, 3.63) is 71.3 Å². The van der Waals surface area contributed by atoms with Gasteiger partial charge in [-0.2, -0.15) is 0 Å². The summed E-state index contributed by atoms with van der Waals surface area (Å²) in [4.78, 5) is 1.99. The van der Waals surface area contributed by atoms with Crippen molar-refractivity contribution in [2.45, 2.75) is 39.5 Å². The molecule has 0 amide bonds. The van der Waals surface area contributed by atoms with Crippen molar-refractivity contribution < 1.29 is 18.6 Å². The Morgan fingerprint density at radius 2 is 1.81 bits per heavy atom. The first kappa shape index (κ1) is 21.5. The lowest BCUT2D eigenvalue weighted by molar-refractivity contribution is 0.00773. The monoisotopic (exact) mass is 377 g/mol. The maximum Gasteiger partial charge on any atom is 0.130 e. The van der Waals surface area contributed by atoms with Crippen LogP contribution in [-0.2, 0) is 17.9 Å². The first-order chi connectivity index (χ1) is 12.9. The van der Waals surface area contributed by atoms with Crippen LogP contribution in [0.3, 0.4) is 0 Å². The Balaban J connectivity index is 1.88. The minimum Gasteiger partial charge on any atom is -0.389 e. The fraction of sp³-hybridized carbons (Fsp3) is 0.455. The molecule has 5 heteroatoms. The number of ether oxygens (including phenoxy) is 1. The molecule has 2 aromatic carbocycles. The van der Waals surface area contributed by atoms with Gasteiger partial charge in [0.25, 0.3) is 0 Å². The highest BCUT2D eigenvalue weighted by Gasteiger charge is 2.15. The van der Waals surface area contributed by atoms with E-state index < -0.39 is 17.7 Å². The first-order valence-corrected chi connectivity index (χ1v) is 9.40. The van der Waals surface area contributed by atoms with Crippen LogP contribution >= 0.6 is 0 Å². The quantitative estimate of drug-likeness (QED) is 0.630. The van der Waals surface area contributed by atoms with Crippen LogP contribution in [0.2, 0.25) is 0 Å². The van der Waals surface area contributed by atoms with Crippen LogP contribution in [0.4, 0.5) is 8.78 Å². The molecular formula is C22H29F2NO2. The molecule has 1 unspecified atom stereocenters. The summed E-state index contributed by atoms with van der Waals surface area (Å²) in [5, 5.41) is 10.3. The van der Waals surface area contributed by atoms with Gasteiger partial charge >= 0.3 is 0 Å². The van der Waals surface area contributed by atoms with Crippen LogP contribution < -0.4 is 0 Å². The van der Waals surface area contributed by atoms with Gasteiger partial charge in [-0.05, 0) is 30.5 Å². The van der Waals surface area contributed by atoms with Crippen molar-refractivity contribution in [1.29, 1.82) is 0 Å². The standard InChI is InChI=1S/C22H29F2NO2/c1-17(2)10-11-25(13-19-8-9-20(23)12-22(19)24)14-21(26)16-27-15-18-6-4-3-5-7-18/h3-9,12,17,21,26H,10-11,13-16H2,1-2H3. The molecule has 0 aliphatic carbocycles. The number of benzene rings is 2. The second-order valence-electron chi connectivity index (χ2n) is 7.31. The molecule has 0 radical (unpaired) electrons. The van der Waals surface area contributed by atoms with E-state index in [1.165, 1.54) is 12.1 Å². The summed E-state index contributed by atoms with van der Waals surface area (Å²) in [7, 11) is 0. The molecule has 2 rings (SSSR count). The highest BCUT2D eigenvalue weighted by molar-refractivity contribution is 5.18. The predicted octanol–water partition coefficient (Wildman–Crippen LogP) is 4.39. The Morgan fingerprint density at radius 1 is 1.07 bits per heavy atom. The molecular weight excluding hydrogens is 348 g/mol. The van der Waals surface area contributed by atoms with Crippen molar-refractivity contribution in [3.8, 4) is 0 Å². The number of nitrogens with zero attached hydrogens (tertiary/aromatic N) is 1. The zero-order valence-electron chi connectivity index (χ0n) is 16.1. The van der Waals surface area contributed by atoms with Crippen LogP contribution in [0.15, 0.2) is 48.5 Å². The van der Waals surface area contributed by atoms with E-state index in [9.17, 15) is 13.9 Å².